The molecule has 1 aliphatic heterocycles. The van der Waals surface area contributed by atoms with Crippen molar-refractivity contribution in [3.05, 3.63) is 42.0 Å². The number of aromatic nitrogens is 1. The maximum absolute atomic E-state index is 8.00. The second kappa shape index (κ2) is 24.8. The minimum Gasteiger partial charge on any atom is -0.368 e. The lowest BCUT2D eigenvalue weighted by molar-refractivity contribution is -0.0980. The molecule has 3 rings (SSSR count). The van der Waals surface area contributed by atoms with Crippen molar-refractivity contribution in [1.82, 2.24) is 10.3 Å². The number of pyridine rings is 1. The van der Waals surface area contributed by atoms with Gasteiger partial charge in [0, 0.05) is 26.7 Å². The molecule has 0 radical (unpaired) electrons. The summed E-state index contributed by atoms with van der Waals surface area (Å²) in [7, 11) is 0. The Hall–Kier alpha value is -2.93. The first-order valence-electron chi connectivity index (χ1n) is 16.1. The van der Waals surface area contributed by atoms with E-state index in [0.29, 0.717) is 0 Å². The van der Waals surface area contributed by atoms with E-state index < -0.39 is 0 Å². The van der Waals surface area contributed by atoms with Gasteiger partial charge >= 0.3 is 0 Å². The molecule has 0 amide bonds. The van der Waals surface area contributed by atoms with E-state index in [4.69, 9.17) is 14.8 Å². The molecule has 1 aromatic heterocycles. The van der Waals surface area contributed by atoms with Gasteiger partial charge in [-0.25, -0.2) is 9.98 Å². The number of benzene rings is 1. The molecule has 232 valence electrons. The average Bonchev–Trinajstić information content (AvgIpc) is 3.03. The van der Waals surface area contributed by atoms with Crippen LogP contribution >= 0.6 is 0 Å². The number of carbonyl (C=O) groups excluding carboxylic acids is 1. The van der Waals surface area contributed by atoms with Crippen LogP contribution < -0.4 is 20.9 Å². The molecule has 1 fully saturated rings. The summed E-state index contributed by atoms with van der Waals surface area (Å²) in [6.45, 7) is 16.4. The van der Waals surface area contributed by atoms with Crippen LogP contribution in [0.4, 0.5) is 23.0 Å². The van der Waals surface area contributed by atoms with E-state index >= 15 is 0 Å². The quantitative estimate of drug-likeness (QED) is 0.101. The number of carbonyl (C=O) groups is 1. The number of piperidine rings is 1. The Labute approximate surface area is 252 Å². The maximum Gasteiger partial charge on any atom is 0.154 e. The Morgan fingerprint density at radius 3 is 2.02 bits per heavy atom. The van der Waals surface area contributed by atoms with Gasteiger partial charge in [-0.2, -0.15) is 0 Å². The van der Waals surface area contributed by atoms with Gasteiger partial charge in [-0.15, -0.1) is 0 Å². The fourth-order valence-corrected chi connectivity index (χ4v) is 4.50. The molecule has 2 heterocycles. The van der Waals surface area contributed by atoms with Gasteiger partial charge in [-0.1, -0.05) is 78.4 Å². The summed E-state index contributed by atoms with van der Waals surface area (Å²) in [6, 6.07) is 12.7. The van der Waals surface area contributed by atoms with Gasteiger partial charge in [0.25, 0.3) is 0 Å². The van der Waals surface area contributed by atoms with E-state index in [1.165, 1.54) is 76.4 Å². The average molecular weight is 569 g/mol. The maximum atomic E-state index is 8.00. The van der Waals surface area contributed by atoms with Gasteiger partial charge < -0.3 is 25.6 Å². The first kappa shape index (κ1) is 36.1. The molecule has 0 aliphatic carbocycles. The molecule has 0 bridgehead atoms. The fourth-order valence-electron chi connectivity index (χ4n) is 4.50. The molecule has 0 spiro atoms. The van der Waals surface area contributed by atoms with Crippen LogP contribution in [0.25, 0.3) is 0 Å². The second-order valence-corrected chi connectivity index (χ2v) is 10.5. The first-order valence-corrected chi connectivity index (χ1v) is 16.1. The van der Waals surface area contributed by atoms with Crippen molar-refractivity contribution in [1.29, 1.82) is 0 Å². The van der Waals surface area contributed by atoms with Crippen molar-refractivity contribution >= 4 is 36.1 Å². The van der Waals surface area contributed by atoms with Crippen LogP contribution in [0.3, 0.4) is 0 Å². The van der Waals surface area contributed by atoms with Gasteiger partial charge in [0.05, 0.1) is 6.34 Å². The van der Waals surface area contributed by atoms with Crippen molar-refractivity contribution in [2.24, 2.45) is 4.99 Å². The lowest BCUT2D eigenvalue weighted by atomic mass is 10.1. The number of anilines is 3. The summed E-state index contributed by atoms with van der Waals surface area (Å²) in [5.74, 6) is 1.93. The van der Waals surface area contributed by atoms with E-state index in [0.717, 1.165) is 61.9 Å². The van der Waals surface area contributed by atoms with E-state index in [1.807, 2.05) is 6.79 Å². The third kappa shape index (κ3) is 16.2. The van der Waals surface area contributed by atoms with Gasteiger partial charge in [0.2, 0.25) is 0 Å². The summed E-state index contributed by atoms with van der Waals surface area (Å²) in [6.07, 6.45) is 16.7. The number of nitrogens with one attached hydrogen (secondary N) is 3. The second-order valence-electron chi connectivity index (χ2n) is 10.5. The molecule has 0 atom stereocenters. The molecular weight excluding hydrogens is 508 g/mol. The van der Waals surface area contributed by atoms with Crippen molar-refractivity contribution in [3.63, 3.8) is 0 Å². The molecule has 41 heavy (non-hydrogen) atoms. The van der Waals surface area contributed by atoms with Crippen molar-refractivity contribution < 1.29 is 6.22 Å². The van der Waals surface area contributed by atoms with E-state index in [9.17, 15) is 0 Å². The standard InChI is InChI=1S/C28H45N5.C5H11N.CH2O.H2/c1-5-9-12-21-33(22-13-10-6-2)27-19-18-26(28(32-27)29-20-11-7-3)31-23-30-25-16-14-24(8-4)15-17-25;1-2-4-6-5-3-1;1-2;/h14-19,23H,5-13,20-22H2,1-4H3,(H,29,32)(H,30,31);6H,1-5H2;1H2;1H. The molecule has 0 unspecified atom stereocenters. The Balaban J connectivity index is 0.00000163. The largest absolute Gasteiger partial charge is 0.368 e. The Kier molecular flexibility index (Phi) is 21.9. The van der Waals surface area contributed by atoms with Crippen molar-refractivity contribution in [3.8, 4) is 0 Å². The van der Waals surface area contributed by atoms with E-state index in [2.05, 4.69) is 84.9 Å². The zero-order valence-corrected chi connectivity index (χ0v) is 26.5. The number of aliphatic imine (C=N–C) groups is 1. The predicted molar refractivity (Wildman–Crippen MR) is 182 cm³/mol. The third-order valence-corrected chi connectivity index (χ3v) is 7.07. The summed E-state index contributed by atoms with van der Waals surface area (Å²) >= 11 is 0. The monoisotopic (exact) mass is 568 g/mol. The number of rotatable bonds is 17. The van der Waals surface area contributed by atoms with E-state index in [-0.39, 0.29) is 1.43 Å². The molecule has 3 N–H and O–H groups in total. The zero-order chi connectivity index (χ0) is 30.0. The molecule has 7 heteroatoms. The molecular formula is C34H60N6O. The zero-order valence-electron chi connectivity index (χ0n) is 26.5. The Morgan fingerprint density at radius 2 is 1.51 bits per heavy atom. The van der Waals surface area contributed by atoms with Gasteiger partial charge in [0.1, 0.15) is 18.3 Å². The molecule has 1 aliphatic rings. The van der Waals surface area contributed by atoms with Crippen LogP contribution in [0.5, 0.6) is 0 Å². The highest BCUT2D eigenvalue weighted by atomic mass is 16.1. The topological polar surface area (TPSA) is 81.7 Å². The van der Waals surface area contributed by atoms with Gasteiger partial charge in [0.15, 0.2) is 5.82 Å². The lowest BCUT2D eigenvalue weighted by Crippen LogP contribution is -2.27. The molecule has 0 saturated carbocycles. The smallest absolute Gasteiger partial charge is 0.154 e. The highest BCUT2D eigenvalue weighted by molar-refractivity contribution is 5.80. The number of aryl methyl sites for hydroxylation is 1. The van der Waals surface area contributed by atoms with Crippen LogP contribution in [0.15, 0.2) is 41.4 Å². The normalized spacial score (nSPS) is 12.6. The summed E-state index contributed by atoms with van der Waals surface area (Å²) in [4.78, 5) is 20.2. The summed E-state index contributed by atoms with van der Waals surface area (Å²) in [5.41, 5.74) is 3.25. The Morgan fingerprint density at radius 1 is 0.878 bits per heavy atom. The van der Waals surface area contributed by atoms with Crippen LogP contribution in [0.2, 0.25) is 0 Å². The third-order valence-electron chi connectivity index (χ3n) is 7.07. The highest BCUT2D eigenvalue weighted by Gasteiger charge is 2.11. The Bertz CT molecular complexity index is 899. The molecule has 2 aromatic rings. The highest BCUT2D eigenvalue weighted by Crippen LogP contribution is 2.27. The number of hydrogen-bond acceptors (Lipinski definition) is 6. The fraction of sp³-hybridized carbons (Fsp3) is 0.618. The SMILES string of the molecule is C1CCNCC1.C=O.CCCCCN(CCCCC)c1ccc(N=CNc2ccc(CC)cc2)c(NCCCC)n1.[HH]. The molecule has 7 nitrogen and oxygen atoms in total. The minimum atomic E-state index is 0. The first-order chi connectivity index (χ1) is 20.2. The molecule has 1 saturated heterocycles. The number of nitrogens with zero attached hydrogens (tertiary/aromatic N) is 3. The van der Waals surface area contributed by atoms with E-state index in [1.54, 1.807) is 6.34 Å². The van der Waals surface area contributed by atoms with Crippen LogP contribution in [0, 0.1) is 0 Å². The van der Waals surface area contributed by atoms with Crippen LogP contribution in [-0.4, -0.2) is 50.8 Å². The predicted octanol–water partition coefficient (Wildman–Crippen LogP) is 8.64. The van der Waals surface area contributed by atoms with Gasteiger partial charge in [-0.3, -0.25) is 0 Å². The minimum absolute atomic E-state index is 0. The van der Waals surface area contributed by atoms with Crippen molar-refractivity contribution in [2.45, 2.75) is 105 Å². The number of hydrogen-bond donors (Lipinski definition) is 3. The lowest BCUT2D eigenvalue weighted by Gasteiger charge is -2.25. The van der Waals surface area contributed by atoms with Gasteiger partial charge in [-0.05, 0) is 81.4 Å². The van der Waals surface area contributed by atoms with Crippen LogP contribution in [0.1, 0.15) is 105 Å². The summed E-state index contributed by atoms with van der Waals surface area (Å²) < 4.78 is 0. The molecule has 1 aromatic carbocycles. The van der Waals surface area contributed by atoms with Crippen molar-refractivity contribution in [2.75, 3.05) is 48.3 Å². The van der Waals surface area contributed by atoms with Crippen LogP contribution in [-0.2, 0) is 11.2 Å². The number of unbranched alkanes of at least 4 members (excludes halogenated alkanes) is 5. The summed E-state index contributed by atoms with van der Waals surface area (Å²) in [5, 5.41) is 10.1.